The zero-order valence-electron chi connectivity index (χ0n) is 16.8. The van der Waals surface area contributed by atoms with Gasteiger partial charge in [-0.05, 0) is 49.2 Å². The highest BCUT2D eigenvalue weighted by Crippen LogP contribution is 2.29. The highest BCUT2D eigenvalue weighted by molar-refractivity contribution is 7.89. The highest BCUT2D eigenvalue weighted by Gasteiger charge is 2.40. The summed E-state index contributed by atoms with van der Waals surface area (Å²) in [5, 5.41) is 0.828. The fraction of sp³-hybridized carbons (Fsp3) is 0.333. The first-order valence-electron chi connectivity index (χ1n) is 9.65. The maximum absolute atomic E-state index is 13.2. The van der Waals surface area contributed by atoms with Crippen LogP contribution in [0.25, 0.3) is 10.2 Å². The van der Waals surface area contributed by atoms with Crippen LogP contribution in [0.15, 0.2) is 53.4 Å². The molecule has 1 aromatic heterocycles. The first-order valence-corrected chi connectivity index (χ1v) is 11.9. The van der Waals surface area contributed by atoms with Gasteiger partial charge in [0.15, 0.2) is 0 Å². The number of amides is 1. The van der Waals surface area contributed by atoms with Crippen LogP contribution in [0.1, 0.15) is 17.8 Å². The zero-order valence-corrected chi connectivity index (χ0v) is 18.4. The fourth-order valence-corrected chi connectivity index (χ4v) is 6.35. The van der Waals surface area contributed by atoms with E-state index in [2.05, 4.69) is 4.98 Å². The Labute approximate surface area is 179 Å². The lowest BCUT2D eigenvalue weighted by Gasteiger charge is -2.27. The summed E-state index contributed by atoms with van der Waals surface area (Å²) in [6.07, 6.45) is 1.17. The van der Waals surface area contributed by atoms with Crippen LogP contribution >= 0.6 is 11.3 Å². The molecule has 1 aliphatic heterocycles. The van der Waals surface area contributed by atoms with Crippen LogP contribution in [-0.4, -0.2) is 55.3 Å². The Morgan fingerprint density at radius 2 is 1.97 bits per heavy atom. The largest absolute Gasteiger partial charge is 0.497 e. The van der Waals surface area contributed by atoms with Crippen molar-refractivity contribution in [3.05, 3.63) is 53.5 Å². The van der Waals surface area contributed by atoms with E-state index in [1.165, 1.54) is 23.5 Å². The quantitative estimate of drug-likeness (QED) is 0.582. The minimum Gasteiger partial charge on any atom is -0.497 e. The molecule has 1 saturated heterocycles. The van der Waals surface area contributed by atoms with Gasteiger partial charge in [-0.25, -0.2) is 13.4 Å². The van der Waals surface area contributed by atoms with Gasteiger partial charge in [-0.1, -0.05) is 12.1 Å². The predicted octanol–water partition coefficient (Wildman–Crippen LogP) is 3.12. The van der Waals surface area contributed by atoms with Crippen LogP contribution < -0.4 is 4.74 Å². The van der Waals surface area contributed by atoms with Crippen LogP contribution in [0, 0.1) is 0 Å². The summed E-state index contributed by atoms with van der Waals surface area (Å²) in [7, 11) is -0.540. The van der Waals surface area contributed by atoms with Crippen LogP contribution in [0.5, 0.6) is 5.75 Å². The zero-order chi connectivity index (χ0) is 21.3. The third kappa shape index (κ3) is 3.92. The highest BCUT2D eigenvalue weighted by atomic mass is 32.2. The molecule has 0 radical (unpaired) electrons. The molecule has 7 nitrogen and oxygen atoms in total. The molecule has 0 aliphatic carbocycles. The van der Waals surface area contributed by atoms with Crippen molar-refractivity contribution in [1.82, 2.24) is 14.2 Å². The number of benzene rings is 2. The molecule has 0 spiro atoms. The van der Waals surface area contributed by atoms with Crippen molar-refractivity contribution in [1.29, 1.82) is 0 Å². The molecule has 30 heavy (non-hydrogen) atoms. The number of nitrogens with zero attached hydrogens (tertiary/aromatic N) is 3. The van der Waals surface area contributed by atoms with Crippen molar-refractivity contribution >= 4 is 37.5 Å². The van der Waals surface area contributed by atoms with Crippen LogP contribution in [-0.2, 0) is 21.4 Å². The van der Waals surface area contributed by atoms with E-state index in [0.29, 0.717) is 31.7 Å². The van der Waals surface area contributed by atoms with E-state index >= 15 is 0 Å². The van der Waals surface area contributed by atoms with Crippen LogP contribution in [0.3, 0.4) is 0 Å². The van der Waals surface area contributed by atoms with E-state index in [0.717, 1.165) is 15.2 Å². The molecule has 1 aliphatic rings. The molecule has 1 amide bonds. The predicted molar refractivity (Wildman–Crippen MR) is 116 cm³/mol. The van der Waals surface area contributed by atoms with E-state index in [1.807, 2.05) is 24.3 Å². The summed E-state index contributed by atoms with van der Waals surface area (Å²) in [5.74, 6) is 0.377. The average molecular weight is 446 g/mol. The number of methoxy groups -OCH3 is 1. The number of para-hydroxylation sites is 1. The van der Waals surface area contributed by atoms with Crippen molar-refractivity contribution in [2.24, 2.45) is 0 Å². The van der Waals surface area contributed by atoms with Gasteiger partial charge in [0, 0.05) is 13.6 Å². The number of rotatable bonds is 6. The summed E-state index contributed by atoms with van der Waals surface area (Å²) in [5.41, 5.74) is 0.905. The first kappa shape index (κ1) is 20.8. The van der Waals surface area contributed by atoms with E-state index in [4.69, 9.17) is 4.74 Å². The van der Waals surface area contributed by atoms with Crippen LogP contribution in [0.4, 0.5) is 0 Å². The van der Waals surface area contributed by atoms with Gasteiger partial charge in [0.1, 0.15) is 16.8 Å². The number of carbonyl (C=O) groups is 1. The van der Waals surface area contributed by atoms with Crippen molar-refractivity contribution in [3.8, 4) is 5.75 Å². The molecular weight excluding hydrogens is 422 g/mol. The normalized spacial score (nSPS) is 17.3. The van der Waals surface area contributed by atoms with Gasteiger partial charge in [-0.15, -0.1) is 11.3 Å². The molecule has 9 heteroatoms. The van der Waals surface area contributed by atoms with Crippen molar-refractivity contribution < 1.29 is 17.9 Å². The molecule has 0 saturated carbocycles. The molecule has 0 unspecified atom stereocenters. The Morgan fingerprint density at radius 3 is 2.67 bits per heavy atom. The SMILES string of the molecule is COc1ccc(S(=O)(=O)N2CCC[C@H]2C(=O)N(C)Cc2nc3ccccc3s2)cc1. The van der Waals surface area contributed by atoms with Gasteiger partial charge in [-0.2, -0.15) is 4.31 Å². The minimum absolute atomic E-state index is 0.164. The molecule has 2 aromatic carbocycles. The van der Waals surface area contributed by atoms with Gasteiger partial charge in [0.25, 0.3) is 0 Å². The Morgan fingerprint density at radius 1 is 1.23 bits per heavy atom. The number of fused-ring (bicyclic) bond motifs is 1. The second-order valence-electron chi connectivity index (χ2n) is 7.22. The third-order valence-electron chi connectivity index (χ3n) is 5.24. The second-order valence-corrected chi connectivity index (χ2v) is 10.2. The minimum atomic E-state index is -3.77. The van der Waals surface area contributed by atoms with E-state index in [1.54, 1.807) is 35.4 Å². The molecule has 158 valence electrons. The molecule has 1 fully saturated rings. The molecule has 0 bridgehead atoms. The Balaban J connectivity index is 1.52. The van der Waals surface area contributed by atoms with E-state index < -0.39 is 16.1 Å². The molecule has 0 N–H and O–H groups in total. The Bertz CT molecular complexity index is 1130. The summed E-state index contributed by atoms with van der Waals surface area (Å²) < 4.78 is 33.8. The van der Waals surface area contributed by atoms with Gasteiger partial charge in [-0.3, -0.25) is 4.79 Å². The van der Waals surface area contributed by atoms with Crippen molar-refractivity contribution in [2.75, 3.05) is 20.7 Å². The Kier molecular flexibility index (Phi) is 5.77. The first-order chi connectivity index (χ1) is 14.4. The van der Waals surface area contributed by atoms with Crippen molar-refractivity contribution in [3.63, 3.8) is 0 Å². The molecule has 1 atom stereocenters. The van der Waals surface area contributed by atoms with Gasteiger partial charge in [0.2, 0.25) is 15.9 Å². The van der Waals surface area contributed by atoms with E-state index in [9.17, 15) is 13.2 Å². The maximum atomic E-state index is 13.2. The second kappa shape index (κ2) is 8.33. The van der Waals surface area contributed by atoms with Gasteiger partial charge >= 0.3 is 0 Å². The average Bonchev–Trinajstić information content (AvgIpc) is 3.40. The van der Waals surface area contributed by atoms with Crippen LogP contribution in [0.2, 0.25) is 0 Å². The lowest BCUT2D eigenvalue weighted by atomic mass is 10.2. The Hall–Kier alpha value is -2.49. The lowest BCUT2D eigenvalue weighted by molar-refractivity contribution is -0.133. The maximum Gasteiger partial charge on any atom is 0.243 e. The number of hydrogen-bond acceptors (Lipinski definition) is 6. The number of likely N-dealkylation sites (N-methyl/N-ethyl adjacent to an activating group) is 1. The standard InChI is InChI=1S/C21H23N3O4S2/c1-23(14-20-22-17-6-3-4-8-19(17)29-20)21(25)18-7-5-13-24(18)30(26,27)16-11-9-15(28-2)10-12-16/h3-4,6,8-12,18H,5,7,13-14H2,1-2H3/t18-/m0/s1. The number of aromatic nitrogens is 1. The fourth-order valence-electron chi connectivity index (χ4n) is 3.68. The summed E-state index contributed by atoms with van der Waals surface area (Å²) in [4.78, 5) is 19.4. The number of sulfonamides is 1. The lowest BCUT2D eigenvalue weighted by Crippen LogP contribution is -2.46. The van der Waals surface area contributed by atoms with Crippen molar-refractivity contribution in [2.45, 2.75) is 30.3 Å². The number of thiazole rings is 1. The number of carbonyl (C=O) groups excluding carboxylic acids is 1. The molecule has 4 rings (SSSR count). The van der Waals surface area contributed by atoms with Gasteiger partial charge < -0.3 is 9.64 Å². The summed E-state index contributed by atoms with van der Waals surface area (Å²) in [6.45, 7) is 0.685. The summed E-state index contributed by atoms with van der Waals surface area (Å²) in [6, 6.07) is 13.4. The molecular formula is C21H23N3O4S2. The monoisotopic (exact) mass is 445 g/mol. The number of hydrogen-bond donors (Lipinski definition) is 0. The van der Waals surface area contributed by atoms with E-state index in [-0.39, 0.29) is 10.8 Å². The molecule has 2 heterocycles. The topological polar surface area (TPSA) is 79.8 Å². The number of ether oxygens (including phenoxy) is 1. The summed E-state index contributed by atoms with van der Waals surface area (Å²) >= 11 is 1.54. The smallest absolute Gasteiger partial charge is 0.243 e. The molecule has 3 aromatic rings. The third-order valence-corrected chi connectivity index (χ3v) is 8.19. The van der Waals surface area contributed by atoms with Gasteiger partial charge in [0.05, 0.1) is 28.8 Å².